The molecule has 2 aromatic heterocycles. The first-order valence-electron chi connectivity index (χ1n) is 7.38. The largest absolute Gasteiger partial charge is 0.444 e. The van der Waals surface area contributed by atoms with Gasteiger partial charge in [-0.05, 0) is 6.07 Å². The summed E-state index contributed by atoms with van der Waals surface area (Å²) in [7, 11) is 0. The van der Waals surface area contributed by atoms with Gasteiger partial charge in [-0.25, -0.2) is 9.36 Å². The number of rotatable bonds is 4. The van der Waals surface area contributed by atoms with Crippen molar-refractivity contribution in [3.05, 3.63) is 50.6 Å². The molecule has 0 amide bonds. The minimum Gasteiger partial charge on any atom is -0.444 e. The second kappa shape index (κ2) is 7.96. The van der Waals surface area contributed by atoms with Crippen molar-refractivity contribution in [1.29, 1.82) is 0 Å². The zero-order chi connectivity index (χ0) is 20.6. The summed E-state index contributed by atoms with van der Waals surface area (Å²) in [5, 5.41) is 10.9. The highest BCUT2D eigenvalue weighted by Gasteiger charge is 2.29. The molecule has 0 bridgehead atoms. The highest BCUT2D eigenvalue weighted by Crippen LogP contribution is 2.41. The van der Waals surface area contributed by atoms with Crippen molar-refractivity contribution in [1.82, 2.24) is 9.55 Å². The van der Waals surface area contributed by atoms with Crippen molar-refractivity contribution in [2.45, 2.75) is 10.3 Å². The van der Waals surface area contributed by atoms with E-state index in [2.05, 4.69) is 4.98 Å². The second-order valence-electron chi connectivity index (χ2n) is 5.41. The molecule has 0 N–H and O–H groups in total. The maximum atomic E-state index is 12.5. The molecule has 0 aliphatic heterocycles. The second-order valence-corrected chi connectivity index (χ2v) is 8.64. The van der Waals surface area contributed by atoms with Crippen LogP contribution in [0.5, 0.6) is 0 Å². The Hall–Kier alpha value is -1.71. The van der Waals surface area contributed by atoms with Gasteiger partial charge >= 0.3 is 6.09 Å². The molecule has 8 nitrogen and oxygen atoms in total. The van der Waals surface area contributed by atoms with E-state index < -0.39 is 28.0 Å². The van der Waals surface area contributed by atoms with Crippen molar-refractivity contribution in [2.24, 2.45) is 0 Å². The van der Waals surface area contributed by atoms with Gasteiger partial charge in [-0.2, -0.15) is 4.98 Å². The standard InChI is InChI=1S/C15H8Cl5N3O5/c16-12-11(28-9(21-12)5-22(25)26)10-7-3-1-2-4-8(7)23(13(10)17)14(24)27-6-15(18,19)20/h1-4H,5-6H2. The first kappa shape index (κ1) is 21.0. The molecule has 0 saturated heterocycles. The van der Waals surface area contributed by atoms with Gasteiger partial charge in [0.15, 0.2) is 10.9 Å². The Labute approximate surface area is 182 Å². The third kappa shape index (κ3) is 4.31. The van der Waals surface area contributed by atoms with Gasteiger partial charge in [-0.15, -0.1) is 0 Å². The van der Waals surface area contributed by atoms with Crippen LogP contribution >= 0.6 is 58.0 Å². The molecule has 28 heavy (non-hydrogen) atoms. The van der Waals surface area contributed by atoms with Gasteiger partial charge in [-0.3, -0.25) is 10.1 Å². The van der Waals surface area contributed by atoms with Gasteiger partial charge in [0.2, 0.25) is 3.79 Å². The number of fused-ring (bicyclic) bond motifs is 1. The Kier molecular flexibility index (Phi) is 5.97. The molecular weight excluding hydrogens is 479 g/mol. The molecule has 13 heteroatoms. The van der Waals surface area contributed by atoms with Crippen LogP contribution in [0.25, 0.3) is 22.2 Å². The Morgan fingerprint density at radius 2 is 1.96 bits per heavy atom. The summed E-state index contributed by atoms with van der Waals surface area (Å²) in [6.45, 7) is -1.17. The van der Waals surface area contributed by atoms with Gasteiger partial charge < -0.3 is 9.15 Å². The highest BCUT2D eigenvalue weighted by molar-refractivity contribution is 6.67. The van der Waals surface area contributed by atoms with Crippen LogP contribution in [-0.2, 0) is 11.3 Å². The van der Waals surface area contributed by atoms with E-state index in [4.69, 9.17) is 67.2 Å². The summed E-state index contributed by atoms with van der Waals surface area (Å²) in [5.74, 6) is -0.232. The van der Waals surface area contributed by atoms with Crippen LogP contribution in [-0.4, -0.2) is 31.0 Å². The molecule has 3 aromatic rings. The number of halogens is 5. The first-order chi connectivity index (χ1) is 13.1. The van der Waals surface area contributed by atoms with E-state index in [0.29, 0.717) is 10.9 Å². The average molecular weight is 488 g/mol. The topological polar surface area (TPSA) is 100 Å². The molecule has 0 spiro atoms. The van der Waals surface area contributed by atoms with Crippen LogP contribution in [0, 0.1) is 10.1 Å². The van der Waals surface area contributed by atoms with Crippen LogP contribution < -0.4 is 0 Å². The molecule has 0 fully saturated rings. The van der Waals surface area contributed by atoms with E-state index in [9.17, 15) is 14.9 Å². The molecule has 0 atom stereocenters. The molecule has 0 aliphatic rings. The maximum absolute atomic E-state index is 12.5. The van der Waals surface area contributed by atoms with Crippen molar-refractivity contribution in [2.75, 3.05) is 6.61 Å². The summed E-state index contributed by atoms with van der Waals surface area (Å²) in [6, 6.07) is 6.62. The molecular formula is C15H8Cl5N3O5. The Bertz CT molecular complexity index is 1070. The van der Waals surface area contributed by atoms with Crippen molar-refractivity contribution < 1.29 is 18.9 Å². The molecule has 148 valence electrons. The third-order valence-electron chi connectivity index (χ3n) is 3.48. The number of aromatic nitrogens is 2. The number of carbonyl (C=O) groups excluding carboxylic acids is 1. The molecule has 1 aromatic carbocycles. The van der Waals surface area contributed by atoms with Gasteiger partial charge in [0.05, 0.1) is 11.1 Å². The van der Waals surface area contributed by atoms with Crippen LogP contribution in [0.3, 0.4) is 0 Å². The SMILES string of the molecule is O=C(OCC(Cl)(Cl)Cl)n1c(Cl)c(-c2oc(C[N+](=O)[O-])nc2Cl)c2ccccc21. The van der Waals surface area contributed by atoms with Gasteiger partial charge in [0, 0.05) is 10.3 Å². The number of para-hydroxylation sites is 1. The fourth-order valence-electron chi connectivity index (χ4n) is 2.49. The molecule has 0 saturated carbocycles. The minimum absolute atomic E-state index is 0.0207. The van der Waals surface area contributed by atoms with Crippen molar-refractivity contribution in [3.8, 4) is 11.3 Å². The molecule has 3 rings (SSSR count). The zero-order valence-electron chi connectivity index (χ0n) is 13.5. The van der Waals surface area contributed by atoms with Gasteiger partial charge in [0.25, 0.3) is 12.4 Å². The van der Waals surface area contributed by atoms with Gasteiger partial charge in [0.1, 0.15) is 11.8 Å². The van der Waals surface area contributed by atoms with Crippen molar-refractivity contribution >= 4 is 75.0 Å². The number of nitro groups is 1. The number of carbonyl (C=O) groups is 1. The zero-order valence-corrected chi connectivity index (χ0v) is 17.3. The smallest absolute Gasteiger partial charge is 0.419 e. The van der Waals surface area contributed by atoms with E-state index in [-0.39, 0.29) is 27.5 Å². The number of nitrogens with zero attached hydrogens (tertiary/aromatic N) is 3. The lowest BCUT2D eigenvalue weighted by Crippen LogP contribution is -2.21. The molecule has 0 aliphatic carbocycles. The van der Waals surface area contributed by atoms with Crippen LogP contribution in [0.15, 0.2) is 28.7 Å². The lowest BCUT2D eigenvalue weighted by Gasteiger charge is -2.12. The number of benzene rings is 1. The lowest BCUT2D eigenvalue weighted by molar-refractivity contribution is -0.500. The van der Waals surface area contributed by atoms with Gasteiger partial charge in [-0.1, -0.05) is 76.2 Å². The maximum Gasteiger partial charge on any atom is 0.419 e. The van der Waals surface area contributed by atoms with E-state index >= 15 is 0 Å². The Morgan fingerprint density at radius 3 is 2.61 bits per heavy atom. The lowest BCUT2D eigenvalue weighted by atomic mass is 10.1. The molecule has 0 unspecified atom stereocenters. The average Bonchev–Trinajstić information content (AvgIpc) is 3.07. The predicted octanol–water partition coefficient (Wildman–Crippen LogP) is 5.73. The Morgan fingerprint density at radius 1 is 1.29 bits per heavy atom. The van der Waals surface area contributed by atoms with E-state index in [1.54, 1.807) is 24.3 Å². The van der Waals surface area contributed by atoms with Crippen LogP contribution in [0.4, 0.5) is 4.79 Å². The first-order valence-corrected chi connectivity index (χ1v) is 9.27. The molecule has 0 radical (unpaired) electrons. The third-order valence-corrected chi connectivity index (χ3v) is 4.42. The number of hydrogen-bond acceptors (Lipinski definition) is 6. The predicted molar refractivity (Wildman–Crippen MR) is 105 cm³/mol. The minimum atomic E-state index is -1.81. The van der Waals surface area contributed by atoms with Crippen LogP contribution in [0.1, 0.15) is 5.89 Å². The fraction of sp³-hybridized carbons (Fsp3) is 0.200. The summed E-state index contributed by atoms with van der Waals surface area (Å²) in [4.78, 5) is 26.4. The summed E-state index contributed by atoms with van der Waals surface area (Å²) >= 11 is 29.3. The summed E-state index contributed by atoms with van der Waals surface area (Å²) in [6.07, 6.45) is -0.903. The van der Waals surface area contributed by atoms with E-state index in [1.807, 2.05) is 0 Å². The number of oxazole rings is 1. The number of ether oxygens (including phenoxy) is 1. The van der Waals surface area contributed by atoms with E-state index in [0.717, 1.165) is 4.57 Å². The summed E-state index contributed by atoms with van der Waals surface area (Å²) in [5.41, 5.74) is 0.579. The summed E-state index contributed by atoms with van der Waals surface area (Å²) < 4.78 is 9.63. The number of alkyl halides is 3. The highest BCUT2D eigenvalue weighted by atomic mass is 35.6. The van der Waals surface area contributed by atoms with Crippen LogP contribution in [0.2, 0.25) is 10.3 Å². The monoisotopic (exact) mass is 485 g/mol. The van der Waals surface area contributed by atoms with Crippen molar-refractivity contribution in [3.63, 3.8) is 0 Å². The molecule has 2 heterocycles. The number of hydrogen-bond donors (Lipinski definition) is 0. The normalized spacial score (nSPS) is 11.8. The quantitative estimate of drug-likeness (QED) is 0.264. The Balaban J connectivity index is 2.13. The van der Waals surface area contributed by atoms with E-state index in [1.165, 1.54) is 0 Å². The fourth-order valence-corrected chi connectivity index (χ4v) is 3.23.